The van der Waals surface area contributed by atoms with Gasteiger partial charge in [-0.1, -0.05) is 60.1 Å². The highest BCUT2D eigenvalue weighted by Crippen LogP contribution is 2.30. The number of nitrogens with zero attached hydrogens (tertiary/aromatic N) is 2. The number of aromatic nitrogens is 2. The molecule has 0 spiro atoms. The minimum Gasteiger partial charge on any atom is -0.478 e. The molecular formula is C16H11ClN2O2. The van der Waals surface area contributed by atoms with Crippen molar-refractivity contribution in [1.29, 1.82) is 0 Å². The second-order valence-corrected chi connectivity index (χ2v) is 4.79. The van der Waals surface area contributed by atoms with Crippen molar-refractivity contribution in [3.8, 4) is 16.9 Å². The molecule has 1 heterocycles. The first-order valence-electron chi connectivity index (χ1n) is 6.31. The summed E-state index contributed by atoms with van der Waals surface area (Å²) in [5, 5.41) is 13.9. The van der Waals surface area contributed by atoms with E-state index in [0.717, 1.165) is 0 Å². The van der Waals surface area contributed by atoms with E-state index in [4.69, 9.17) is 11.6 Å². The van der Waals surface area contributed by atoms with Crippen molar-refractivity contribution in [2.45, 2.75) is 0 Å². The Hall–Kier alpha value is -2.59. The zero-order valence-corrected chi connectivity index (χ0v) is 11.7. The second-order valence-electron chi connectivity index (χ2n) is 4.43. The van der Waals surface area contributed by atoms with Crippen molar-refractivity contribution in [3.05, 3.63) is 71.4 Å². The Kier molecular flexibility index (Phi) is 3.46. The van der Waals surface area contributed by atoms with Gasteiger partial charge in [0.1, 0.15) is 16.4 Å². The van der Waals surface area contributed by atoms with Crippen molar-refractivity contribution in [2.24, 2.45) is 0 Å². The fourth-order valence-electron chi connectivity index (χ4n) is 2.13. The summed E-state index contributed by atoms with van der Waals surface area (Å²) in [5.74, 6) is -1.10. The lowest BCUT2D eigenvalue weighted by Crippen LogP contribution is -1.99. The van der Waals surface area contributed by atoms with Crippen LogP contribution in [0.2, 0.25) is 5.15 Å². The number of carboxylic acid groups (broad SMARTS) is 1. The monoisotopic (exact) mass is 298 g/mol. The Balaban J connectivity index is 2.24. The molecule has 3 aromatic rings. The van der Waals surface area contributed by atoms with Gasteiger partial charge in [-0.25, -0.2) is 9.48 Å². The van der Waals surface area contributed by atoms with Crippen LogP contribution in [0.3, 0.4) is 0 Å². The molecule has 21 heavy (non-hydrogen) atoms. The molecule has 0 amide bonds. The van der Waals surface area contributed by atoms with E-state index < -0.39 is 5.97 Å². The highest BCUT2D eigenvalue weighted by Gasteiger charge is 2.23. The van der Waals surface area contributed by atoms with Crippen LogP contribution in [-0.2, 0) is 0 Å². The minimum atomic E-state index is -1.10. The Morgan fingerprint density at radius 2 is 1.57 bits per heavy atom. The van der Waals surface area contributed by atoms with Gasteiger partial charge in [0.25, 0.3) is 0 Å². The molecule has 0 fully saturated rings. The van der Waals surface area contributed by atoms with E-state index in [1.54, 1.807) is 12.1 Å². The maximum Gasteiger partial charge on any atom is 0.341 e. The van der Waals surface area contributed by atoms with E-state index in [-0.39, 0.29) is 10.7 Å². The molecule has 1 aromatic heterocycles. The number of halogens is 1. The van der Waals surface area contributed by atoms with Gasteiger partial charge >= 0.3 is 5.97 Å². The number of hydrogen-bond acceptors (Lipinski definition) is 2. The summed E-state index contributed by atoms with van der Waals surface area (Å²) >= 11 is 6.23. The predicted molar refractivity (Wildman–Crippen MR) is 81.0 cm³/mol. The normalized spacial score (nSPS) is 10.5. The summed E-state index contributed by atoms with van der Waals surface area (Å²) in [7, 11) is 0. The minimum absolute atomic E-state index is 0.00622. The van der Waals surface area contributed by atoms with Crippen molar-refractivity contribution >= 4 is 17.6 Å². The summed E-state index contributed by atoms with van der Waals surface area (Å²) in [6, 6.07) is 18.3. The Morgan fingerprint density at radius 1 is 1.00 bits per heavy atom. The molecule has 3 rings (SSSR count). The van der Waals surface area contributed by atoms with Gasteiger partial charge in [0, 0.05) is 5.56 Å². The summed E-state index contributed by atoms with van der Waals surface area (Å²) in [6.45, 7) is 0. The Bertz CT molecular complexity index is 783. The molecule has 0 atom stereocenters. The van der Waals surface area contributed by atoms with E-state index in [0.29, 0.717) is 16.9 Å². The third kappa shape index (κ3) is 2.41. The smallest absolute Gasteiger partial charge is 0.341 e. The van der Waals surface area contributed by atoms with Crippen LogP contribution >= 0.6 is 11.6 Å². The molecule has 5 heteroatoms. The van der Waals surface area contributed by atoms with Gasteiger partial charge in [-0.15, -0.1) is 0 Å². The number of hydrogen-bond donors (Lipinski definition) is 1. The molecule has 104 valence electrons. The van der Waals surface area contributed by atoms with Crippen LogP contribution in [0, 0.1) is 0 Å². The average molecular weight is 299 g/mol. The number of para-hydroxylation sites is 1. The Morgan fingerprint density at radius 3 is 2.14 bits per heavy atom. The Labute approximate surface area is 126 Å². The molecule has 1 N–H and O–H groups in total. The summed E-state index contributed by atoms with van der Waals surface area (Å²) < 4.78 is 1.44. The SMILES string of the molecule is O=C(O)c1c(-c2ccccc2)nn(-c2ccccc2)c1Cl. The fraction of sp³-hybridized carbons (Fsp3) is 0. The van der Waals surface area contributed by atoms with E-state index in [1.807, 2.05) is 48.5 Å². The molecule has 0 unspecified atom stereocenters. The number of rotatable bonds is 3. The average Bonchev–Trinajstić information content (AvgIpc) is 2.87. The molecule has 0 aliphatic carbocycles. The molecule has 0 aliphatic heterocycles. The van der Waals surface area contributed by atoms with Crippen LogP contribution in [0.25, 0.3) is 16.9 Å². The van der Waals surface area contributed by atoms with Crippen molar-refractivity contribution in [1.82, 2.24) is 9.78 Å². The molecule has 4 nitrogen and oxygen atoms in total. The number of carboxylic acids is 1. The molecule has 0 radical (unpaired) electrons. The van der Waals surface area contributed by atoms with Gasteiger partial charge in [0.2, 0.25) is 0 Å². The van der Waals surface area contributed by atoms with Crippen LogP contribution < -0.4 is 0 Å². The van der Waals surface area contributed by atoms with Crippen LogP contribution in [0.5, 0.6) is 0 Å². The molecule has 0 saturated carbocycles. The standard InChI is InChI=1S/C16H11ClN2O2/c17-15-13(16(20)21)14(11-7-3-1-4-8-11)18-19(15)12-9-5-2-6-10-12/h1-10H,(H,20,21). The van der Waals surface area contributed by atoms with Crippen molar-refractivity contribution < 1.29 is 9.90 Å². The van der Waals surface area contributed by atoms with Crippen LogP contribution in [0.1, 0.15) is 10.4 Å². The topological polar surface area (TPSA) is 55.1 Å². The molecular weight excluding hydrogens is 288 g/mol. The zero-order chi connectivity index (χ0) is 14.8. The number of aromatic carboxylic acids is 1. The summed E-state index contributed by atoms with van der Waals surface area (Å²) in [6.07, 6.45) is 0. The molecule has 0 saturated heterocycles. The summed E-state index contributed by atoms with van der Waals surface area (Å²) in [5.41, 5.74) is 1.79. The first kappa shape index (κ1) is 13.4. The van der Waals surface area contributed by atoms with Crippen LogP contribution in [0.15, 0.2) is 60.7 Å². The lowest BCUT2D eigenvalue weighted by molar-refractivity contribution is 0.0698. The molecule has 0 aliphatic rings. The van der Waals surface area contributed by atoms with Gasteiger partial charge in [0.05, 0.1) is 5.69 Å². The number of benzene rings is 2. The maximum absolute atomic E-state index is 11.5. The molecule has 0 bridgehead atoms. The fourth-order valence-corrected chi connectivity index (χ4v) is 2.43. The third-order valence-corrected chi connectivity index (χ3v) is 3.44. The highest BCUT2D eigenvalue weighted by atomic mass is 35.5. The van der Waals surface area contributed by atoms with Gasteiger partial charge in [-0.2, -0.15) is 5.10 Å². The van der Waals surface area contributed by atoms with E-state index in [9.17, 15) is 9.90 Å². The van der Waals surface area contributed by atoms with E-state index in [1.165, 1.54) is 4.68 Å². The van der Waals surface area contributed by atoms with Crippen molar-refractivity contribution in [3.63, 3.8) is 0 Å². The summed E-state index contributed by atoms with van der Waals surface area (Å²) in [4.78, 5) is 11.5. The van der Waals surface area contributed by atoms with E-state index >= 15 is 0 Å². The number of carbonyl (C=O) groups is 1. The van der Waals surface area contributed by atoms with Gasteiger partial charge in [-0.05, 0) is 12.1 Å². The van der Waals surface area contributed by atoms with Crippen LogP contribution in [-0.4, -0.2) is 20.9 Å². The zero-order valence-electron chi connectivity index (χ0n) is 10.9. The lowest BCUT2D eigenvalue weighted by Gasteiger charge is -2.01. The quantitative estimate of drug-likeness (QED) is 0.798. The van der Waals surface area contributed by atoms with E-state index in [2.05, 4.69) is 5.10 Å². The van der Waals surface area contributed by atoms with Crippen molar-refractivity contribution in [2.75, 3.05) is 0 Å². The first-order chi connectivity index (χ1) is 10.2. The van der Waals surface area contributed by atoms with Gasteiger partial charge in [-0.3, -0.25) is 0 Å². The van der Waals surface area contributed by atoms with Gasteiger partial charge < -0.3 is 5.11 Å². The van der Waals surface area contributed by atoms with Gasteiger partial charge in [0.15, 0.2) is 0 Å². The molecule has 2 aromatic carbocycles. The van der Waals surface area contributed by atoms with Crippen LogP contribution in [0.4, 0.5) is 0 Å². The predicted octanol–water partition coefficient (Wildman–Crippen LogP) is 3.89. The maximum atomic E-state index is 11.5. The largest absolute Gasteiger partial charge is 0.478 e. The third-order valence-electron chi connectivity index (χ3n) is 3.09. The lowest BCUT2D eigenvalue weighted by atomic mass is 10.1. The second kappa shape index (κ2) is 5.42. The highest BCUT2D eigenvalue weighted by molar-refractivity contribution is 6.33. The first-order valence-corrected chi connectivity index (χ1v) is 6.69.